The van der Waals surface area contributed by atoms with E-state index in [1.807, 2.05) is 6.92 Å². The topological polar surface area (TPSA) is 20.2 Å². The Morgan fingerprint density at radius 2 is 1.90 bits per heavy atom. The molecule has 1 aliphatic rings. The molecule has 10 heavy (non-hydrogen) atoms. The summed E-state index contributed by atoms with van der Waals surface area (Å²) in [7, 11) is 0. The molecule has 1 saturated carbocycles. The summed E-state index contributed by atoms with van der Waals surface area (Å²) in [5.74, 6) is 0. The third-order valence-corrected chi connectivity index (χ3v) is 2.63. The van der Waals surface area contributed by atoms with Gasteiger partial charge in [-0.15, -0.1) is 11.6 Å². The van der Waals surface area contributed by atoms with E-state index >= 15 is 0 Å². The van der Waals surface area contributed by atoms with Gasteiger partial charge in [-0.05, 0) is 25.2 Å². The average molecular weight is 163 g/mol. The van der Waals surface area contributed by atoms with Gasteiger partial charge in [0.05, 0.1) is 6.10 Å². The minimum atomic E-state index is -0.227. The zero-order valence-electron chi connectivity index (χ0n) is 6.82. The van der Waals surface area contributed by atoms with E-state index in [-0.39, 0.29) is 16.4 Å². The van der Waals surface area contributed by atoms with Crippen molar-refractivity contribution in [2.24, 2.45) is 5.41 Å². The third-order valence-electron chi connectivity index (χ3n) is 2.35. The first kappa shape index (κ1) is 8.35. The van der Waals surface area contributed by atoms with Crippen molar-refractivity contribution in [3.8, 4) is 0 Å². The summed E-state index contributed by atoms with van der Waals surface area (Å²) in [5, 5.41) is 9.51. The number of hydrogen-bond donors (Lipinski definition) is 1. The van der Waals surface area contributed by atoms with Crippen molar-refractivity contribution in [1.82, 2.24) is 0 Å². The van der Waals surface area contributed by atoms with Crippen molar-refractivity contribution in [3.63, 3.8) is 0 Å². The summed E-state index contributed by atoms with van der Waals surface area (Å²) in [6.45, 7) is 6.11. The van der Waals surface area contributed by atoms with Crippen LogP contribution in [0.4, 0.5) is 0 Å². The first-order valence-corrected chi connectivity index (χ1v) is 4.08. The first-order chi connectivity index (χ1) is 4.33. The SMILES string of the molecule is CC1(Cl)CC(O)C(C)(C)C1. The van der Waals surface area contributed by atoms with Gasteiger partial charge in [-0.1, -0.05) is 13.8 Å². The lowest BCUT2D eigenvalue weighted by atomic mass is 9.89. The van der Waals surface area contributed by atoms with E-state index in [4.69, 9.17) is 11.6 Å². The van der Waals surface area contributed by atoms with E-state index in [0.29, 0.717) is 0 Å². The molecule has 1 nitrogen and oxygen atoms in total. The lowest BCUT2D eigenvalue weighted by Crippen LogP contribution is -2.21. The second-order valence-corrected chi connectivity index (χ2v) is 5.21. The van der Waals surface area contributed by atoms with Crippen molar-refractivity contribution in [1.29, 1.82) is 0 Å². The highest BCUT2D eigenvalue weighted by Crippen LogP contribution is 2.46. The van der Waals surface area contributed by atoms with Gasteiger partial charge in [-0.25, -0.2) is 0 Å². The monoisotopic (exact) mass is 162 g/mol. The highest BCUT2D eigenvalue weighted by Gasteiger charge is 2.45. The molecule has 1 fully saturated rings. The Kier molecular flexibility index (Phi) is 1.77. The molecule has 0 heterocycles. The first-order valence-electron chi connectivity index (χ1n) is 3.70. The molecule has 0 aromatic carbocycles. The van der Waals surface area contributed by atoms with Crippen molar-refractivity contribution in [3.05, 3.63) is 0 Å². The molecule has 0 bridgehead atoms. The molecule has 0 radical (unpaired) electrons. The molecule has 60 valence electrons. The van der Waals surface area contributed by atoms with Crippen LogP contribution in [0.1, 0.15) is 33.6 Å². The van der Waals surface area contributed by atoms with Gasteiger partial charge in [0, 0.05) is 4.87 Å². The molecule has 0 aromatic heterocycles. The summed E-state index contributed by atoms with van der Waals surface area (Å²) >= 11 is 6.09. The fourth-order valence-corrected chi connectivity index (χ4v) is 2.31. The summed E-state index contributed by atoms with van der Waals surface area (Å²) < 4.78 is 0. The van der Waals surface area contributed by atoms with Crippen molar-refractivity contribution < 1.29 is 5.11 Å². The Bertz CT molecular complexity index is 140. The van der Waals surface area contributed by atoms with Crippen LogP contribution < -0.4 is 0 Å². The molecule has 0 saturated heterocycles. The third kappa shape index (κ3) is 1.46. The van der Waals surface area contributed by atoms with Gasteiger partial charge in [-0.2, -0.15) is 0 Å². The zero-order valence-corrected chi connectivity index (χ0v) is 7.57. The van der Waals surface area contributed by atoms with E-state index in [9.17, 15) is 5.11 Å². The molecule has 2 unspecified atom stereocenters. The Balaban J connectivity index is 2.71. The van der Waals surface area contributed by atoms with E-state index in [0.717, 1.165) is 12.8 Å². The highest BCUT2D eigenvalue weighted by molar-refractivity contribution is 6.23. The predicted octanol–water partition coefficient (Wildman–Crippen LogP) is 2.16. The number of aliphatic hydroxyl groups is 1. The molecule has 1 rings (SSSR count). The van der Waals surface area contributed by atoms with E-state index in [1.54, 1.807) is 0 Å². The van der Waals surface area contributed by atoms with E-state index in [1.165, 1.54) is 0 Å². The largest absolute Gasteiger partial charge is 0.393 e. The lowest BCUT2D eigenvalue weighted by molar-refractivity contribution is 0.0797. The molecule has 2 atom stereocenters. The van der Waals surface area contributed by atoms with Gasteiger partial charge in [-0.3, -0.25) is 0 Å². The Morgan fingerprint density at radius 1 is 1.40 bits per heavy atom. The number of aliphatic hydroxyl groups excluding tert-OH is 1. The molecule has 0 amide bonds. The molecule has 0 spiro atoms. The Morgan fingerprint density at radius 3 is 2.00 bits per heavy atom. The summed E-state index contributed by atoms with van der Waals surface area (Å²) in [4.78, 5) is -0.178. The Hall–Kier alpha value is 0.250. The quantitative estimate of drug-likeness (QED) is 0.542. The number of hydrogen-bond acceptors (Lipinski definition) is 1. The van der Waals surface area contributed by atoms with Gasteiger partial charge >= 0.3 is 0 Å². The van der Waals surface area contributed by atoms with Crippen molar-refractivity contribution in [2.45, 2.75) is 44.6 Å². The minimum Gasteiger partial charge on any atom is -0.393 e. The maximum absolute atomic E-state index is 9.51. The molecule has 2 heteroatoms. The van der Waals surface area contributed by atoms with Crippen LogP contribution in [0.25, 0.3) is 0 Å². The van der Waals surface area contributed by atoms with Gasteiger partial charge in [0.15, 0.2) is 0 Å². The van der Waals surface area contributed by atoms with Crippen LogP contribution in [0.3, 0.4) is 0 Å². The maximum Gasteiger partial charge on any atom is 0.0608 e. The van der Waals surface area contributed by atoms with Crippen LogP contribution in [0, 0.1) is 5.41 Å². The van der Waals surface area contributed by atoms with Gasteiger partial charge < -0.3 is 5.11 Å². The Labute approximate surface area is 67.4 Å². The smallest absolute Gasteiger partial charge is 0.0608 e. The van der Waals surface area contributed by atoms with Crippen LogP contribution >= 0.6 is 11.6 Å². The number of alkyl halides is 1. The molecule has 1 N–H and O–H groups in total. The van der Waals surface area contributed by atoms with Crippen LogP contribution in [0.2, 0.25) is 0 Å². The van der Waals surface area contributed by atoms with Crippen molar-refractivity contribution >= 4 is 11.6 Å². The van der Waals surface area contributed by atoms with Crippen LogP contribution in [0.5, 0.6) is 0 Å². The highest BCUT2D eigenvalue weighted by atomic mass is 35.5. The van der Waals surface area contributed by atoms with Crippen LogP contribution in [-0.2, 0) is 0 Å². The number of rotatable bonds is 0. The van der Waals surface area contributed by atoms with E-state index < -0.39 is 0 Å². The van der Waals surface area contributed by atoms with Crippen molar-refractivity contribution in [2.75, 3.05) is 0 Å². The second-order valence-electron chi connectivity index (χ2n) is 4.30. The van der Waals surface area contributed by atoms with Gasteiger partial charge in [0.25, 0.3) is 0 Å². The fraction of sp³-hybridized carbons (Fsp3) is 1.00. The molecular formula is C8H15ClO. The normalized spacial score (nSPS) is 45.9. The fourth-order valence-electron chi connectivity index (χ4n) is 1.82. The minimum absolute atomic E-state index is 0.0104. The molecule has 0 aromatic rings. The van der Waals surface area contributed by atoms with E-state index in [2.05, 4.69) is 13.8 Å². The predicted molar refractivity (Wildman–Crippen MR) is 43.3 cm³/mol. The standard InChI is InChI=1S/C8H15ClO/c1-7(2)5-8(3,9)4-6(7)10/h6,10H,4-5H2,1-3H3. The number of halogens is 1. The van der Waals surface area contributed by atoms with Gasteiger partial charge in [0.1, 0.15) is 0 Å². The molecular weight excluding hydrogens is 148 g/mol. The molecule has 0 aliphatic heterocycles. The summed E-state index contributed by atoms with van der Waals surface area (Å²) in [6, 6.07) is 0. The average Bonchev–Trinajstić information content (AvgIpc) is 1.73. The summed E-state index contributed by atoms with van der Waals surface area (Å²) in [6.07, 6.45) is 1.40. The molecule has 1 aliphatic carbocycles. The second kappa shape index (κ2) is 2.12. The van der Waals surface area contributed by atoms with Crippen LogP contribution in [0.15, 0.2) is 0 Å². The van der Waals surface area contributed by atoms with Gasteiger partial charge in [0.2, 0.25) is 0 Å². The maximum atomic E-state index is 9.51. The summed E-state index contributed by atoms with van der Waals surface area (Å²) in [5.41, 5.74) is 0.0104. The lowest BCUT2D eigenvalue weighted by Gasteiger charge is -2.21. The zero-order chi connectivity index (χ0) is 7.99. The van der Waals surface area contributed by atoms with Crippen LogP contribution in [-0.4, -0.2) is 16.1 Å².